The van der Waals surface area contributed by atoms with Gasteiger partial charge < -0.3 is 15.8 Å². The summed E-state index contributed by atoms with van der Waals surface area (Å²) in [7, 11) is 0. The van der Waals surface area contributed by atoms with Crippen molar-refractivity contribution in [3.05, 3.63) is 0 Å². The van der Waals surface area contributed by atoms with Gasteiger partial charge in [0.05, 0.1) is 5.41 Å². The Morgan fingerprint density at radius 2 is 2.12 bits per heavy atom. The van der Waals surface area contributed by atoms with E-state index in [0.717, 1.165) is 19.3 Å². The van der Waals surface area contributed by atoms with E-state index < -0.39 is 0 Å². The van der Waals surface area contributed by atoms with E-state index in [9.17, 15) is 4.79 Å². The molecule has 3 N–H and O–H groups in total. The van der Waals surface area contributed by atoms with Crippen LogP contribution in [0.4, 0.5) is 0 Å². The fraction of sp³-hybridized carbons (Fsp3) is 0.923. The van der Waals surface area contributed by atoms with Crippen molar-refractivity contribution in [2.24, 2.45) is 17.1 Å². The Morgan fingerprint density at radius 1 is 1.41 bits per heavy atom. The first-order valence-electron chi connectivity index (χ1n) is 6.77. The molecule has 4 heteroatoms. The van der Waals surface area contributed by atoms with Crippen molar-refractivity contribution in [3.8, 4) is 0 Å². The first kappa shape index (κ1) is 12.8. The lowest BCUT2D eigenvalue weighted by Gasteiger charge is -2.36. The predicted octanol–water partition coefficient (Wildman–Crippen LogP) is 1.05. The molecule has 2 aliphatic rings. The largest absolute Gasteiger partial charge is 0.381 e. The molecule has 2 fully saturated rings. The number of amides is 1. The van der Waals surface area contributed by atoms with Crippen LogP contribution in [-0.2, 0) is 9.53 Å². The zero-order valence-corrected chi connectivity index (χ0v) is 10.7. The van der Waals surface area contributed by atoms with Crippen molar-refractivity contribution in [3.63, 3.8) is 0 Å². The van der Waals surface area contributed by atoms with E-state index in [1.165, 1.54) is 12.8 Å². The zero-order valence-electron chi connectivity index (χ0n) is 10.7. The van der Waals surface area contributed by atoms with Crippen LogP contribution in [0.5, 0.6) is 0 Å². The van der Waals surface area contributed by atoms with Crippen molar-refractivity contribution in [1.29, 1.82) is 0 Å². The number of hydrogen-bond acceptors (Lipinski definition) is 3. The van der Waals surface area contributed by atoms with Gasteiger partial charge >= 0.3 is 0 Å². The lowest BCUT2D eigenvalue weighted by atomic mass is 9.79. The Kier molecular flexibility index (Phi) is 4.05. The molecule has 2 unspecified atom stereocenters. The molecule has 1 saturated carbocycles. The summed E-state index contributed by atoms with van der Waals surface area (Å²) in [6, 6.07) is 0.355. The zero-order chi connectivity index (χ0) is 12.3. The van der Waals surface area contributed by atoms with Crippen LogP contribution in [0.15, 0.2) is 0 Å². The van der Waals surface area contributed by atoms with Crippen molar-refractivity contribution >= 4 is 5.91 Å². The Balaban J connectivity index is 1.97. The second-order valence-corrected chi connectivity index (χ2v) is 5.58. The van der Waals surface area contributed by atoms with E-state index in [4.69, 9.17) is 10.5 Å². The molecule has 1 saturated heterocycles. The second kappa shape index (κ2) is 5.36. The minimum absolute atomic E-state index is 0.155. The maximum atomic E-state index is 12.4. The molecule has 2 rings (SSSR count). The predicted molar refractivity (Wildman–Crippen MR) is 66.5 cm³/mol. The van der Waals surface area contributed by atoms with E-state index in [0.29, 0.717) is 31.7 Å². The average molecular weight is 240 g/mol. The van der Waals surface area contributed by atoms with Crippen LogP contribution in [0, 0.1) is 11.3 Å². The van der Waals surface area contributed by atoms with Crippen molar-refractivity contribution < 1.29 is 9.53 Å². The van der Waals surface area contributed by atoms with Crippen LogP contribution in [0.1, 0.15) is 39.0 Å². The second-order valence-electron chi connectivity index (χ2n) is 5.58. The third-order valence-corrected chi connectivity index (χ3v) is 4.50. The van der Waals surface area contributed by atoms with E-state index in [2.05, 4.69) is 12.2 Å². The van der Waals surface area contributed by atoms with Crippen LogP contribution in [-0.4, -0.2) is 31.7 Å². The highest BCUT2D eigenvalue weighted by atomic mass is 16.5. The average Bonchev–Trinajstić information content (AvgIpc) is 2.76. The van der Waals surface area contributed by atoms with Crippen LogP contribution >= 0.6 is 0 Å². The highest BCUT2D eigenvalue weighted by molar-refractivity contribution is 5.83. The summed E-state index contributed by atoms with van der Waals surface area (Å²) in [5.41, 5.74) is 5.46. The topological polar surface area (TPSA) is 64.4 Å². The third kappa shape index (κ3) is 2.63. The molecule has 1 aliphatic carbocycles. The number of ether oxygens (including phenoxy) is 1. The van der Waals surface area contributed by atoms with Crippen LogP contribution in [0.2, 0.25) is 0 Å². The highest BCUT2D eigenvalue weighted by Crippen LogP contribution is 2.31. The van der Waals surface area contributed by atoms with E-state index >= 15 is 0 Å². The Hall–Kier alpha value is -0.610. The summed E-state index contributed by atoms with van der Waals surface area (Å²) < 4.78 is 5.33. The SMILES string of the molecule is CC1CCCC1NC(=O)C1(CN)CCOCC1. The van der Waals surface area contributed by atoms with Crippen LogP contribution < -0.4 is 11.1 Å². The molecule has 0 aromatic rings. The highest BCUT2D eigenvalue weighted by Gasteiger charge is 2.40. The number of hydrogen-bond donors (Lipinski definition) is 2. The summed E-state index contributed by atoms with van der Waals surface area (Å²) in [6.07, 6.45) is 5.09. The van der Waals surface area contributed by atoms with Gasteiger partial charge in [0, 0.05) is 25.8 Å². The maximum Gasteiger partial charge on any atom is 0.227 e. The molecule has 1 heterocycles. The summed E-state index contributed by atoms with van der Waals surface area (Å²) >= 11 is 0. The maximum absolute atomic E-state index is 12.4. The fourth-order valence-corrected chi connectivity index (χ4v) is 2.97. The minimum Gasteiger partial charge on any atom is -0.381 e. The van der Waals surface area contributed by atoms with E-state index in [1.807, 2.05) is 0 Å². The monoisotopic (exact) mass is 240 g/mol. The molecule has 4 nitrogen and oxygen atoms in total. The lowest BCUT2D eigenvalue weighted by Crippen LogP contribution is -2.52. The molecule has 1 amide bonds. The first-order chi connectivity index (χ1) is 8.18. The number of carbonyl (C=O) groups is 1. The molecule has 0 aromatic heterocycles. The van der Waals surface area contributed by atoms with Crippen molar-refractivity contribution in [2.45, 2.75) is 45.1 Å². The quantitative estimate of drug-likeness (QED) is 0.775. The van der Waals surface area contributed by atoms with Gasteiger partial charge in [-0.3, -0.25) is 4.79 Å². The molecule has 0 radical (unpaired) electrons. The van der Waals surface area contributed by atoms with Gasteiger partial charge in [-0.2, -0.15) is 0 Å². The molecule has 17 heavy (non-hydrogen) atoms. The number of nitrogens with two attached hydrogens (primary N) is 1. The smallest absolute Gasteiger partial charge is 0.227 e. The van der Waals surface area contributed by atoms with Gasteiger partial charge in [0.15, 0.2) is 0 Å². The van der Waals surface area contributed by atoms with E-state index in [-0.39, 0.29) is 11.3 Å². The summed E-state index contributed by atoms with van der Waals surface area (Å²) in [4.78, 5) is 12.4. The fourth-order valence-electron chi connectivity index (χ4n) is 2.97. The van der Waals surface area contributed by atoms with Gasteiger partial charge in [0.1, 0.15) is 0 Å². The van der Waals surface area contributed by atoms with Gasteiger partial charge in [0.2, 0.25) is 5.91 Å². The van der Waals surface area contributed by atoms with Gasteiger partial charge in [-0.05, 0) is 31.6 Å². The van der Waals surface area contributed by atoms with Crippen molar-refractivity contribution in [2.75, 3.05) is 19.8 Å². The third-order valence-electron chi connectivity index (χ3n) is 4.50. The molecular weight excluding hydrogens is 216 g/mol. The molecule has 0 spiro atoms. The molecule has 2 atom stereocenters. The number of rotatable bonds is 3. The Morgan fingerprint density at radius 3 is 2.65 bits per heavy atom. The van der Waals surface area contributed by atoms with E-state index in [1.54, 1.807) is 0 Å². The number of carbonyl (C=O) groups excluding carboxylic acids is 1. The molecule has 98 valence electrons. The molecule has 1 aliphatic heterocycles. The van der Waals surface area contributed by atoms with Gasteiger partial charge in [-0.25, -0.2) is 0 Å². The van der Waals surface area contributed by atoms with Gasteiger partial charge in [0.25, 0.3) is 0 Å². The standard InChI is InChI=1S/C13H24N2O2/c1-10-3-2-4-11(10)15-12(16)13(9-14)5-7-17-8-6-13/h10-11H,2-9,14H2,1H3,(H,15,16). The Labute approximate surface area is 103 Å². The van der Waals surface area contributed by atoms with Gasteiger partial charge in [-0.15, -0.1) is 0 Å². The molecular formula is C13H24N2O2. The molecule has 0 aromatic carbocycles. The summed E-state index contributed by atoms with van der Waals surface area (Å²) in [5.74, 6) is 0.760. The number of nitrogens with one attached hydrogen (secondary N) is 1. The van der Waals surface area contributed by atoms with Gasteiger partial charge in [-0.1, -0.05) is 13.3 Å². The lowest BCUT2D eigenvalue weighted by molar-refractivity contribution is -0.136. The Bertz CT molecular complexity index is 275. The van der Waals surface area contributed by atoms with Crippen LogP contribution in [0.3, 0.4) is 0 Å². The van der Waals surface area contributed by atoms with Crippen LogP contribution in [0.25, 0.3) is 0 Å². The minimum atomic E-state index is -0.374. The summed E-state index contributed by atoms with van der Waals surface area (Å²) in [5, 5.41) is 3.22. The molecule has 0 bridgehead atoms. The summed E-state index contributed by atoms with van der Waals surface area (Å²) in [6.45, 7) is 3.97. The van der Waals surface area contributed by atoms with Crippen molar-refractivity contribution in [1.82, 2.24) is 5.32 Å². The normalized spacial score (nSPS) is 32.4. The first-order valence-corrected chi connectivity index (χ1v) is 6.77.